The van der Waals surface area contributed by atoms with Gasteiger partial charge in [-0.2, -0.15) is 0 Å². The molecule has 0 aliphatic heterocycles. The van der Waals surface area contributed by atoms with Crippen molar-refractivity contribution in [2.45, 2.75) is 51.0 Å². The molecule has 3 rings (SSSR count). The molecule has 8 heteroatoms. The Kier molecular flexibility index (Phi) is 3.23. The van der Waals surface area contributed by atoms with Crippen molar-refractivity contribution >= 4 is 0 Å². The minimum Gasteiger partial charge on any atom is -0.424 e. The van der Waals surface area contributed by atoms with Crippen LogP contribution in [-0.4, -0.2) is 31.1 Å². The largest absolute Gasteiger partial charge is 0.424 e. The Morgan fingerprint density at radius 3 is 2.70 bits per heavy atom. The molecule has 0 aromatic carbocycles. The van der Waals surface area contributed by atoms with Crippen LogP contribution < -0.4 is 0 Å². The zero-order valence-corrected chi connectivity index (χ0v) is 11.1. The topological polar surface area (TPSA) is 69.6 Å². The third-order valence-electron chi connectivity index (χ3n) is 3.56. The van der Waals surface area contributed by atoms with Crippen LogP contribution in [0, 0.1) is 6.92 Å². The lowest BCUT2D eigenvalue weighted by atomic mass is 9.85. The number of alkyl halides is 2. The summed E-state index contributed by atoms with van der Waals surface area (Å²) >= 11 is 0. The van der Waals surface area contributed by atoms with Gasteiger partial charge in [0.15, 0.2) is 0 Å². The molecule has 0 radical (unpaired) electrons. The molecule has 1 saturated carbocycles. The van der Waals surface area contributed by atoms with Gasteiger partial charge in [-0.3, -0.25) is 0 Å². The van der Waals surface area contributed by atoms with Crippen molar-refractivity contribution in [2.24, 2.45) is 0 Å². The van der Waals surface area contributed by atoms with Crippen LogP contribution in [0.2, 0.25) is 0 Å². The SMILES string of the molecule is Cc1nnc(Cn2cc(C3CCC(F)(F)CC3)nn2)o1. The standard InChI is InChI=1S/C12H15F2N5O/c1-8-15-17-11(20-8)7-19-6-10(16-18-19)9-2-4-12(13,14)5-3-9/h6,9H,2-5,7H2,1H3. The van der Waals surface area contributed by atoms with Gasteiger partial charge in [-0.05, 0) is 12.8 Å². The van der Waals surface area contributed by atoms with Crippen molar-refractivity contribution < 1.29 is 13.2 Å². The molecule has 2 aromatic heterocycles. The van der Waals surface area contributed by atoms with Crippen LogP contribution in [-0.2, 0) is 6.54 Å². The Balaban J connectivity index is 1.65. The molecule has 2 heterocycles. The molecule has 2 aromatic rings. The van der Waals surface area contributed by atoms with Crippen molar-refractivity contribution in [1.29, 1.82) is 0 Å². The molecule has 0 atom stereocenters. The van der Waals surface area contributed by atoms with Gasteiger partial charge in [0, 0.05) is 31.9 Å². The van der Waals surface area contributed by atoms with Gasteiger partial charge in [0.05, 0.1) is 5.69 Å². The van der Waals surface area contributed by atoms with E-state index in [4.69, 9.17) is 4.42 Å². The molecular weight excluding hydrogens is 268 g/mol. The number of aromatic nitrogens is 5. The maximum absolute atomic E-state index is 13.1. The Bertz CT molecular complexity index is 584. The van der Waals surface area contributed by atoms with E-state index in [9.17, 15) is 8.78 Å². The van der Waals surface area contributed by atoms with Gasteiger partial charge in [-0.15, -0.1) is 15.3 Å². The first-order valence-electron chi connectivity index (χ1n) is 6.59. The summed E-state index contributed by atoms with van der Waals surface area (Å²) in [5.41, 5.74) is 0.761. The normalized spacial score (nSPS) is 19.4. The highest BCUT2D eigenvalue weighted by Crippen LogP contribution is 2.40. The first kappa shape index (κ1) is 13.1. The summed E-state index contributed by atoms with van der Waals surface area (Å²) in [5, 5.41) is 15.7. The Morgan fingerprint density at radius 2 is 2.05 bits per heavy atom. The van der Waals surface area contributed by atoms with Crippen LogP contribution in [0.1, 0.15) is 49.1 Å². The van der Waals surface area contributed by atoms with E-state index < -0.39 is 5.92 Å². The zero-order valence-electron chi connectivity index (χ0n) is 11.1. The van der Waals surface area contributed by atoms with Gasteiger partial charge in [0.2, 0.25) is 17.7 Å². The molecule has 1 aliphatic carbocycles. The number of hydrogen-bond donors (Lipinski definition) is 0. The molecule has 0 amide bonds. The third-order valence-corrected chi connectivity index (χ3v) is 3.56. The number of halogens is 2. The predicted octanol–water partition coefficient (Wildman–Crippen LogP) is 2.31. The van der Waals surface area contributed by atoms with E-state index in [1.807, 2.05) is 0 Å². The average Bonchev–Trinajstić information content (AvgIpc) is 3.00. The molecule has 108 valence electrons. The first-order valence-corrected chi connectivity index (χ1v) is 6.59. The quantitative estimate of drug-likeness (QED) is 0.864. The molecule has 0 spiro atoms. The number of aryl methyl sites for hydroxylation is 1. The summed E-state index contributed by atoms with van der Waals surface area (Å²) < 4.78 is 33.1. The van der Waals surface area contributed by atoms with E-state index in [1.54, 1.807) is 17.8 Å². The fourth-order valence-corrected chi connectivity index (χ4v) is 2.45. The second kappa shape index (κ2) is 4.92. The third kappa shape index (κ3) is 2.83. The highest BCUT2D eigenvalue weighted by Gasteiger charge is 2.36. The van der Waals surface area contributed by atoms with Gasteiger partial charge >= 0.3 is 0 Å². The maximum Gasteiger partial charge on any atom is 0.248 e. The monoisotopic (exact) mass is 283 g/mol. The molecule has 0 unspecified atom stereocenters. The van der Waals surface area contributed by atoms with E-state index in [0.717, 1.165) is 5.69 Å². The number of hydrogen-bond acceptors (Lipinski definition) is 5. The molecule has 20 heavy (non-hydrogen) atoms. The van der Waals surface area contributed by atoms with Crippen molar-refractivity contribution in [3.8, 4) is 0 Å². The molecule has 0 N–H and O–H groups in total. The molecule has 1 fully saturated rings. The number of nitrogens with zero attached hydrogens (tertiary/aromatic N) is 5. The zero-order chi connectivity index (χ0) is 14.2. The lowest BCUT2D eigenvalue weighted by molar-refractivity contribution is -0.0384. The van der Waals surface area contributed by atoms with E-state index in [-0.39, 0.29) is 18.8 Å². The van der Waals surface area contributed by atoms with Crippen molar-refractivity contribution in [3.05, 3.63) is 23.7 Å². The molecule has 1 aliphatic rings. The van der Waals surface area contributed by atoms with Gasteiger partial charge < -0.3 is 4.42 Å². The summed E-state index contributed by atoms with van der Waals surface area (Å²) in [6, 6.07) is 0. The first-order chi connectivity index (χ1) is 9.52. The lowest BCUT2D eigenvalue weighted by Gasteiger charge is -2.26. The molecule has 6 nitrogen and oxygen atoms in total. The van der Waals surface area contributed by atoms with E-state index in [2.05, 4.69) is 20.5 Å². The van der Waals surface area contributed by atoms with Crippen LogP contribution in [0.4, 0.5) is 8.78 Å². The summed E-state index contributed by atoms with van der Waals surface area (Å²) in [6.07, 6.45) is 2.52. The molecular formula is C12H15F2N5O. The second-order valence-electron chi connectivity index (χ2n) is 5.19. The maximum atomic E-state index is 13.1. The molecule has 0 bridgehead atoms. The van der Waals surface area contributed by atoms with E-state index in [1.165, 1.54) is 0 Å². The van der Waals surface area contributed by atoms with Crippen LogP contribution in [0.15, 0.2) is 10.6 Å². The minimum atomic E-state index is -2.52. The van der Waals surface area contributed by atoms with Gasteiger partial charge in [-0.25, -0.2) is 13.5 Å². The van der Waals surface area contributed by atoms with E-state index >= 15 is 0 Å². The number of rotatable bonds is 3. The highest BCUT2D eigenvalue weighted by atomic mass is 19.3. The Hall–Kier alpha value is -1.86. The summed E-state index contributed by atoms with van der Waals surface area (Å²) in [7, 11) is 0. The Morgan fingerprint density at radius 1 is 1.30 bits per heavy atom. The molecule has 0 saturated heterocycles. The summed E-state index contributed by atoms with van der Waals surface area (Å²) in [6.45, 7) is 2.06. The van der Waals surface area contributed by atoms with Crippen molar-refractivity contribution in [3.63, 3.8) is 0 Å². The van der Waals surface area contributed by atoms with Gasteiger partial charge in [-0.1, -0.05) is 5.21 Å². The van der Waals surface area contributed by atoms with Crippen molar-refractivity contribution in [1.82, 2.24) is 25.2 Å². The van der Waals surface area contributed by atoms with E-state index in [0.29, 0.717) is 31.2 Å². The van der Waals surface area contributed by atoms with Crippen LogP contribution >= 0.6 is 0 Å². The smallest absolute Gasteiger partial charge is 0.248 e. The second-order valence-corrected chi connectivity index (χ2v) is 5.19. The highest BCUT2D eigenvalue weighted by molar-refractivity contribution is 5.05. The Labute approximate surface area is 114 Å². The van der Waals surface area contributed by atoms with Crippen molar-refractivity contribution in [2.75, 3.05) is 0 Å². The average molecular weight is 283 g/mol. The van der Waals surface area contributed by atoms with Gasteiger partial charge in [0.1, 0.15) is 6.54 Å². The van der Waals surface area contributed by atoms with Crippen LogP contribution in [0.25, 0.3) is 0 Å². The lowest BCUT2D eigenvalue weighted by Crippen LogP contribution is -2.23. The summed E-state index contributed by atoms with van der Waals surface area (Å²) in [4.78, 5) is 0. The van der Waals surface area contributed by atoms with Gasteiger partial charge in [0.25, 0.3) is 0 Å². The summed E-state index contributed by atoms with van der Waals surface area (Å²) in [5.74, 6) is -1.51. The van der Waals surface area contributed by atoms with Crippen LogP contribution in [0.3, 0.4) is 0 Å². The fraction of sp³-hybridized carbons (Fsp3) is 0.667. The van der Waals surface area contributed by atoms with Crippen LogP contribution in [0.5, 0.6) is 0 Å². The fourth-order valence-electron chi connectivity index (χ4n) is 2.45. The minimum absolute atomic E-state index is 0.0628. The predicted molar refractivity (Wildman–Crippen MR) is 64.3 cm³/mol.